The second-order valence-corrected chi connectivity index (χ2v) is 8.78. The van der Waals surface area contributed by atoms with E-state index in [0.29, 0.717) is 22.3 Å². The Morgan fingerprint density at radius 3 is 2.60 bits per heavy atom. The standard InChI is InChI=1S/C27H17FN4O2S/c1-16-24(18-9-2-4-11-21(18)31-16)25(33)19(15-29)27-32(22-12-5-3-10-20(22)28)26(34)23(35-27)14-17-8-6-7-13-30-17/h2-14,31H,1H3/b23-14-,27-19-. The Morgan fingerprint density at radius 1 is 1.11 bits per heavy atom. The minimum Gasteiger partial charge on any atom is -0.358 e. The lowest BCUT2D eigenvalue weighted by molar-refractivity contribution is 0.105. The van der Waals surface area contributed by atoms with E-state index in [2.05, 4.69) is 9.97 Å². The van der Waals surface area contributed by atoms with Gasteiger partial charge in [-0.15, -0.1) is 11.3 Å². The molecule has 8 heteroatoms. The number of rotatable bonds is 4. The van der Waals surface area contributed by atoms with Crippen molar-refractivity contribution in [2.75, 3.05) is 0 Å². The molecule has 0 aliphatic carbocycles. The highest BCUT2D eigenvalue weighted by Crippen LogP contribution is 2.24. The van der Waals surface area contributed by atoms with Gasteiger partial charge >= 0.3 is 0 Å². The van der Waals surface area contributed by atoms with Crippen LogP contribution < -0.4 is 14.8 Å². The number of hydrogen-bond acceptors (Lipinski definition) is 5. The molecule has 0 bridgehead atoms. The minimum atomic E-state index is -0.647. The van der Waals surface area contributed by atoms with Crippen molar-refractivity contribution in [3.05, 3.63) is 115 Å². The Hall–Kier alpha value is -4.61. The Morgan fingerprint density at radius 2 is 1.86 bits per heavy atom. The monoisotopic (exact) mass is 480 g/mol. The number of nitrogens with one attached hydrogen (secondary N) is 1. The van der Waals surface area contributed by atoms with E-state index in [1.807, 2.05) is 18.2 Å². The molecule has 0 fully saturated rings. The van der Waals surface area contributed by atoms with Crippen molar-refractivity contribution in [3.63, 3.8) is 0 Å². The molecule has 3 heterocycles. The van der Waals surface area contributed by atoms with Crippen molar-refractivity contribution in [1.82, 2.24) is 14.5 Å². The number of H-pyrrole nitrogens is 1. The van der Waals surface area contributed by atoms with Crippen LogP contribution in [0.4, 0.5) is 4.39 Å². The first-order valence-corrected chi connectivity index (χ1v) is 11.5. The molecule has 0 aliphatic heterocycles. The molecule has 0 amide bonds. The van der Waals surface area contributed by atoms with Gasteiger partial charge in [0.25, 0.3) is 5.56 Å². The van der Waals surface area contributed by atoms with E-state index in [9.17, 15) is 19.2 Å². The zero-order chi connectivity index (χ0) is 24.5. The van der Waals surface area contributed by atoms with Crippen LogP contribution >= 0.6 is 11.3 Å². The number of ketones is 1. The molecule has 5 rings (SSSR count). The average molecular weight is 481 g/mol. The molecular weight excluding hydrogens is 463 g/mol. The van der Waals surface area contributed by atoms with Gasteiger partial charge in [-0.05, 0) is 43.3 Å². The van der Waals surface area contributed by atoms with Crippen molar-refractivity contribution in [2.24, 2.45) is 0 Å². The number of aryl methyl sites for hydroxylation is 1. The van der Waals surface area contributed by atoms with Crippen molar-refractivity contribution >= 4 is 39.7 Å². The second kappa shape index (κ2) is 8.97. The molecule has 0 unspecified atom stereocenters. The number of thiazole rings is 1. The summed E-state index contributed by atoms with van der Waals surface area (Å²) in [6, 6.07) is 20.3. The van der Waals surface area contributed by atoms with Crippen LogP contribution in [0.5, 0.6) is 0 Å². The molecule has 3 aromatic heterocycles. The number of fused-ring (bicyclic) bond motifs is 1. The van der Waals surface area contributed by atoms with Crippen LogP contribution in [0, 0.1) is 24.1 Å². The van der Waals surface area contributed by atoms with Crippen LogP contribution in [0.15, 0.2) is 77.7 Å². The smallest absolute Gasteiger partial charge is 0.273 e. The van der Waals surface area contributed by atoms with E-state index in [0.717, 1.165) is 21.4 Å². The van der Waals surface area contributed by atoms with Gasteiger partial charge in [-0.1, -0.05) is 36.4 Å². The Labute approximate surface area is 202 Å². The quantitative estimate of drug-likeness (QED) is 0.398. The Balaban J connectivity index is 1.87. The van der Waals surface area contributed by atoms with Gasteiger partial charge in [0, 0.05) is 22.8 Å². The maximum absolute atomic E-state index is 14.8. The predicted octanol–water partition coefficient (Wildman–Crippen LogP) is 3.61. The van der Waals surface area contributed by atoms with E-state index >= 15 is 0 Å². The Kier molecular flexibility index (Phi) is 5.69. The SMILES string of the molecule is Cc1[nH]c2ccccc2c1C(=O)/C(C#N)=c1\s/c(=C\c2ccccn2)c(=O)n1-c1ccccc1F. The van der Waals surface area contributed by atoms with Crippen LogP contribution in [-0.2, 0) is 0 Å². The Bertz CT molecular complexity index is 1830. The number of nitriles is 1. The number of hydrogen-bond donors (Lipinski definition) is 1. The van der Waals surface area contributed by atoms with Crippen LogP contribution in [0.3, 0.4) is 0 Å². The molecule has 6 nitrogen and oxygen atoms in total. The van der Waals surface area contributed by atoms with E-state index in [4.69, 9.17) is 0 Å². The first kappa shape index (κ1) is 22.2. The normalized spacial score (nSPS) is 12.5. The molecular formula is C27H17FN4O2S. The molecule has 0 atom stereocenters. The highest BCUT2D eigenvalue weighted by molar-refractivity contribution is 7.07. The third kappa shape index (κ3) is 3.88. The van der Waals surface area contributed by atoms with Crippen LogP contribution in [0.2, 0.25) is 0 Å². The van der Waals surface area contributed by atoms with Crippen molar-refractivity contribution < 1.29 is 9.18 Å². The summed E-state index contributed by atoms with van der Waals surface area (Å²) in [6.45, 7) is 1.75. The number of halogens is 1. The number of Topliss-reactive ketones (excluding diaryl/α,β-unsaturated/α-hetero) is 1. The fourth-order valence-corrected chi connectivity index (χ4v) is 5.07. The number of carbonyl (C=O) groups is 1. The minimum absolute atomic E-state index is 0.0411. The highest BCUT2D eigenvalue weighted by atomic mass is 32.1. The van der Waals surface area contributed by atoms with Crippen LogP contribution in [-0.4, -0.2) is 20.3 Å². The van der Waals surface area contributed by atoms with Crippen molar-refractivity contribution in [3.8, 4) is 11.8 Å². The maximum Gasteiger partial charge on any atom is 0.273 e. The fraction of sp³-hybridized carbons (Fsp3) is 0.0370. The number of para-hydroxylation sites is 2. The molecule has 170 valence electrons. The van der Waals surface area contributed by atoms with E-state index in [1.54, 1.807) is 55.6 Å². The molecule has 0 aliphatic rings. The zero-order valence-electron chi connectivity index (χ0n) is 18.4. The lowest BCUT2D eigenvalue weighted by Crippen LogP contribution is -2.32. The first-order valence-electron chi connectivity index (χ1n) is 10.7. The molecule has 0 saturated heterocycles. The first-order chi connectivity index (χ1) is 17.0. The van der Waals surface area contributed by atoms with Gasteiger partial charge in [-0.2, -0.15) is 5.26 Å². The molecule has 5 aromatic rings. The summed E-state index contributed by atoms with van der Waals surface area (Å²) in [4.78, 5) is 34.6. The summed E-state index contributed by atoms with van der Waals surface area (Å²) < 4.78 is 16.2. The topological polar surface area (TPSA) is 91.5 Å². The number of aromatic nitrogens is 3. The largest absolute Gasteiger partial charge is 0.358 e. The summed E-state index contributed by atoms with van der Waals surface area (Å²) in [5.74, 6) is -1.19. The summed E-state index contributed by atoms with van der Waals surface area (Å²) >= 11 is 0.952. The molecule has 2 aromatic carbocycles. The maximum atomic E-state index is 14.8. The lowest BCUT2D eigenvalue weighted by Gasteiger charge is -2.05. The van der Waals surface area contributed by atoms with Gasteiger partial charge in [0.05, 0.1) is 21.5 Å². The van der Waals surface area contributed by atoms with Gasteiger partial charge in [-0.25, -0.2) is 4.39 Å². The number of pyridine rings is 1. The summed E-state index contributed by atoms with van der Waals surface area (Å²) in [6.07, 6.45) is 3.15. The van der Waals surface area contributed by atoms with Crippen LogP contribution in [0.25, 0.3) is 28.2 Å². The van der Waals surface area contributed by atoms with E-state index in [1.165, 1.54) is 18.2 Å². The van der Waals surface area contributed by atoms with Gasteiger partial charge in [-0.3, -0.25) is 19.1 Å². The third-order valence-corrected chi connectivity index (χ3v) is 6.65. The van der Waals surface area contributed by atoms with Gasteiger partial charge < -0.3 is 4.98 Å². The molecule has 1 N–H and O–H groups in total. The van der Waals surface area contributed by atoms with Crippen molar-refractivity contribution in [2.45, 2.75) is 6.92 Å². The lowest BCUT2D eigenvalue weighted by atomic mass is 10.0. The van der Waals surface area contributed by atoms with Gasteiger partial charge in [0.15, 0.2) is 0 Å². The molecule has 0 radical (unpaired) electrons. The van der Waals surface area contributed by atoms with Crippen molar-refractivity contribution in [1.29, 1.82) is 5.26 Å². The number of nitrogens with zero attached hydrogens (tertiary/aromatic N) is 3. The van der Waals surface area contributed by atoms with Gasteiger partial charge in [0.1, 0.15) is 22.1 Å². The summed E-state index contributed by atoms with van der Waals surface area (Å²) in [7, 11) is 0. The zero-order valence-corrected chi connectivity index (χ0v) is 19.3. The highest BCUT2D eigenvalue weighted by Gasteiger charge is 2.23. The molecule has 35 heavy (non-hydrogen) atoms. The fourth-order valence-electron chi connectivity index (χ4n) is 3.99. The summed E-state index contributed by atoms with van der Waals surface area (Å²) in [5, 5.41) is 10.8. The number of carbonyl (C=O) groups excluding carboxylic acids is 1. The molecule has 0 saturated carbocycles. The number of benzene rings is 2. The van der Waals surface area contributed by atoms with E-state index < -0.39 is 17.2 Å². The third-order valence-electron chi connectivity index (χ3n) is 5.56. The molecule has 0 spiro atoms. The van der Waals surface area contributed by atoms with E-state index in [-0.39, 0.29) is 20.5 Å². The van der Waals surface area contributed by atoms with Crippen LogP contribution in [0.1, 0.15) is 21.7 Å². The predicted molar refractivity (Wildman–Crippen MR) is 133 cm³/mol. The second-order valence-electron chi connectivity index (χ2n) is 7.75. The van der Waals surface area contributed by atoms with Gasteiger partial charge in [0.2, 0.25) is 5.78 Å². The summed E-state index contributed by atoms with van der Waals surface area (Å²) in [5.41, 5.74) is 1.39. The number of aromatic amines is 1. The average Bonchev–Trinajstić information content (AvgIpc) is 3.36.